The predicted octanol–water partition coefficient (Wildman–Crippen LogP) is 5.52. The molecule has 0 radical (unpaired) electrons. The summed E-state index contributed by atoms with van der Waals surface area (Å²) in [7, 11) is -4.11. The molecule has 170 valence electrons. The van der Waals surface area contributed by atoms with E-state index < -0.39 is 16.1 Å². The number of anilines is 2. The maximum Gasteiger partial charge on any atom is 0.343 e. The molecule has 1 aliphatic rings. The summed E-state index contributed by atoms with van der Waals surface area (Å²) in [5, 5.41) is 0. The first-order chi connectivity index (χ1) is 15.5. The van der Waals surface area contributed by atoms with Crippen LogP contribution >= 0.6 is 0 Å². The molecule has 3 aromatic carbocycles. The molecule has 0 spiro atoms. The number of Topliss-reactive ketones (excluding diaryl/α,β-unsaturated/α-hetero) is 1. The van der Waals surface area contributed by atoms with Crippen molar-refractivity contribution in [2.45, 2.75) is 44.6 Å². The quantitative estimate of drug-likeness (QED) is 0.478. The second-order valence-electron chi connectivity index (χ2n) is 9.16. The fourth-order valence-corrected chi connectivity index (χ4v) is 5.43. The van der Waals surface area contributed by atoms with Gasteiger partial charge in [0.15, 0.2) is 5.78 Å². The summed E-state index contributed by atoms with van der Waals surface area (Å²) < 4.78 is 27.6. The number of sulfonamides is 1. The molecule has 33 heavy (non-hydrogen) atoms. The van der Waals surface area contributed by atoms with E-state index in [0.717, 1.165) is 9.87 Å². The van der Waals surface area contributed by atoms with Gasteiger partial charge in [0.1, 0.15) is 4.90 Å². The molecule has 1 heterocycles. The van der Waals surface area contributed by atoms with Gasteiger partial charge in [0.05, 0.1) is 17.9 Å². The predicted molar refractivity (Wildman–Crippen MR) is 129 cm³/mol. The fraction of sp³-hybridized carbons (Fsp3) is 0.231. The molecular formula is C26H26N2O4S. The average Bonchev–Trinajstić information content (AvgIpc) is 2.77. The number of fused-ring (bicyclic) bond motifs is 1. The SMILES string of the molecule is CC(=O)c1ccc(N2C(=O)N(Cc3ccc(C(C)(C)C)cc3)c3ccccc3S2(=O)=O)cc1. The number of hydrogen-bond donors (Lipinski definition) is 0. The minimum Gasteiger partial charge on any atom is -0.295 e. The third kappa shape index (κ3) is 4.16. The molecule has 0 bridgehead atoms. The lowest BCUT2D eigenvalue weighted by molar-refractivity contribution is 0.101. The van der Waals surface area contributed by atoms with Crippen LogP contribution in [0.1, 0.15) is 49.2 Å². The van der Waals surface area contributed by atoms with Gasteiger partial charge in [-0.3, -0.25) is 9.69 Å². The number of para-hydroxylation sites is 1. The van der Waals surface area contributed by atoms with E-state index in [1.807, 2.05) is 24.3 Å². The first-order valence-corrected chi connectivity index (χ1v) is 12.1. The van der Waals surface area contributed by atoms with Crippen LogP contribution in [-0.2, 0) is 22.0 Å². The van der Waals surface area contributed by atoms with Crippen LogP contribution in [-0.4, -0.2) is 20.2 Å². The molecule has 0 unspecified atom stereocenters. The van der Waals surface area contributed by atoms with E-state index >= 15 is 0 Å². The number of urea groups is 1. The Balaban J connectivity index is 1.77. The summed E-state index contributed by atoms with van der Waals surface area (Å²) in [4.78, 5) is 26.7. The van der Waals surface area contributed by atoms with Gasteiger partial charge in [-0.15, -0.1) is 0 Å². The lowest BCUT2D eigenvalue weighted by Crippen LogP contribution is -2.50. The Kier molecular flexibility index (Phi) is 5.62. The van der Waals surface area contributed by atoms with Crippen molar-refractivity contribution >= 4 is 33.2 Å². The Hall–Kier alpha value is -3.45. The Labute approximate surface area is 194 Å². The second-order valence-corrected chi connectivity index (χ2v) is 10.9. The molecule has 0 saturated heterocycles. The van der Waals surface area contributed by atoms with Crippen molar-refractivity contribution in [1.29, 1.82) is 0 Å². The number of hydrogen-bond acceptors (Lipinski definition) is 4. The van der Waals surface area contributed by atoms with E-state index in [1.165, 1.54) is 47.7 Å². The van der Waals surface area contributed by atoms with E-state index in [4.69, 9.17) is 0 Å². The molecule has 1 aliphatic heterocycles. The number of carbonyl (C=O) groups excluding carboxylic acids is 2. The molecular weight excluding hydrogens is 436 g/mol. The zero-order valence-electron chi connectivity index (χ0n) is 19.1. The van der Waals surface area contributed by atoms with Crippen molar-refractivity contribution in [1.82, 2.24) is 0 Å². The third-order valence-electron chi connectivity index (χ3n) is 5.75. The second kappa shape index (κ2) is 8.15. The molecule has 3 aromatic rings. The molecule has 4 rings (SSSR count). The molecule has 0 N–H and O–H groups in total. The smallest absolute Gasteiger partial charge is 0.295 e. The largest absolute Gasteiger partial charge is 0.343 e. The maximum atomic E-state index is 13.6. The van der Waals surface area contributed by atoms with Crippen LogP contribution in [0.3, 0.4) is 0 Å². The van der Waals surface area contributed by atoms with Crippen LogP contribution < -0.4 is 9.21 Å². The minimum absolute atomic E-state index is 0.00296. The van der Waals surface area contributed by atoms with Gasteiger partial charge < -0.3 is 0 Å². The standard InChI is InChI=1S/C26H26N2O4S/c1-18(29)20-11-15-22(16-12-20)28-25(30)27(23-7-5-6-8-24(23)33(28,31)32)17-19-9-13-21(14-10-19)26(2,3)4/h5-16H,17H2,1-4H3. The van der Waals surface area contributed by atoms with Gasteiger partial charge in [0, 0.05) is 5.56 Å². The summed E-state index contributed by atoms with van der Waals surface area (Å²) in [6.45, 7) is 8.05. The van der Waals surface area contributed by atoms with Crippen molar-refractivity contribution in [3.63, 3.8) is 0 Å². The number of ketones is 1. The number of carbonyl (C=O) groups is 2. The van der Waals surface area contributed by atoms with Gasteiger partial charge in [-0.25, -0.2) is 13.2 Å². The molecule has 0 aromatic heterocycles. The van der Waals surface area contributed by atoms with Crippen molar-refractivity contribution in [3.05, 3.63) is 89.5 Å². The molecule has 0 atom stereocenters. The van der Waals surface area contributed by atoms with Crippen LogP contribution in [0.4, 0.5) is 16.2 Å². The van der Waals surface area contributed by atoms with Gasteiger partial charge >= 0.3 is 6.03 Å². The highest BCUT2D eigenvalue weighted by molar-refractivity contribution is 7.94. The third-order valence-corrected chi connectivity index (χ3v) is 7.50. The molecule has 0 aliphatic carbocycles. The first-order valence-electron chi connectivity index (χ1n) is 10.7. The van der Waals surface area contributed by atoms with Crippen molar-refractivity contribution in [2.24, 2.45) is 0 Å². The monoisotopic (exact) mass is 462 g/mol. The number of amides is 2. The maximum absolute atomic E-state index is 13.6. The Morgan fingerprint density at radius 1 is 0.879 bits per heavy atom. The van der Waals surface area contributed by atoms with E-state index in [0.29, 0.717) is 11.3 Å². The van der Waals surface area contributed by atoms with Crippen molar-refractivity contribution < 1.29 is 18.0 Å². The summed E-state index contributed by atoms with van der Waals surface area (Å²) in [6.07, 6.45) is 0. The van der Waals surface area contributed by atoms with Gasteiger partial charge in [-0.2, -0.15) is 4.31 Å². The van der Waals surface area contributed by atoms with Crippen LogP contribution in [0.25, 0.3) is 0 Å². The lowest BCUT2D eigenvalue weighted by atomic mass is 9.87. The highest BCUT2D eigenvalue weighted by Crippen LogP contribution is 2.38. The van der Waals surface area contributed by atoms with E-state index in [-0.39, 0.29) is 28.3 Å². The number of rotatable bonds is 4. The summed E-state index contributed by atoms with van der Waals surface area (Å²) in [5.41, 5.74) is 3.04. The highest BCUT2D eigenvalue weighted by atomic mass is 32.2. The zero-order valence-corrected chi connectivity index (χ0v) is 19.9. The topological polar surface area (TPSA) is 74.8 Å². The fourth-order valence-electron chi connectivity index (χ4n) is 3.84. The Bertz CT molecular complexity index is 1320. The van der Waals surface area contributed by atoms with Crippen LogP contribution in [0, 0.1) is 0 Å². The molecule has 7 heteroatoms. The summed E-state index contributed by atoms with van der Waals surface area (Å²) >= 11 is 0. The summed E-state index contributed by atoms with van der Waals surface area (Å²) in [5.74, 6) is -0.139. The summed E-state index contributed by atoms with van der Waals surface area (Å²) in [6, 6.07) is 19.8. The van der Waals surface area contributed by atoms with Crippen LogP contribution in [0.5, 0.6) is 0 Å². The van der Waals surface area contributed by atoms with E-state index in [9.17, 15) is 18.0 Å². The molecule has 6 nitrogen and oxygen atoms in total. The van der Waals surface area contributed by atoms with Gasteiger partial charge in [-0.05, 0) is 59.9 Å². The van der Waals surface area contributed by atoms with E-state index in [2.05, 4.69) is 20.8 Å². The Morgan fingerprint density at radius 2 is 1.48 bits per heavy atom. The average molecular weight is 463 g/mol. The molecule has 0 saturated carbocycles. The highest BCUT2D eigenvalue weighted by Gasteiger charge is 2.42. The lowest BCUT2D eigenvalue weighted by Gasteiger charge is -2.36. The number of nitrogens with zero attached hydrogens (tertiary/aromatic N) is 2. The zero-order chi connectivity index (χ0) is 24.0. The Morgan fingerprint density at radius 3 is 2.06 bits per heavy atom. The number of benzene rings is 3. The minimum atomic E-state index is -4.11. The molecule has 2 amide bonds. The normalized spacial score (nSPS) is 15.3. The first kappa shape index (κ1) is 22.7. The van der Waals surface area contributed by atoms with Crippen molar-refractivity contribution in [3.8, 4) is 0 Å². The van der Waals surface area contributed by atoms with Crippen LogP contribution in [0.2, 0.25) is 0 Å². The van der Waals surface area contributed by atoms with Crippen LogP contribution in [0.15, 0.2) is 77.7 Å². The van der Waals surface area contributed by atoms with Gasteiger partial charge in [0.2, 0.25) is 0 Å². The van der Waals surface area contributed by atoms with E-state index in [1.54, 1.807) is 18.2 Å². The van der Waals surface area contributed by atoms with Gasteiger partial charge in [0.25, 0.3) is 10.0 Å². The van der Waals surface area contributed by atoms with Gasteiger partial charge in [-0.1, -0.05) is 57.2 Å². The van der Waals surface area contributed by atoms with Crippen molar-refractivity contribution in [2.75, 3.05) is 9.21 Å². The molecule has 0 fully saturated rings.